The molecule has 194 valence electrons. The summed E-state index contributed by atoms with van der Waals surface area (Å²) in [6.07, 6.45) is 5.41. The molecule has 0 aromatic heterocycles. The van der Waals surface area contributed by atoms with E-state index in [1.807, 2.05) is 13.8 Å². The maximum Gasteiger partial charge on any atom is 1.00 e. The Kier molecular flexibility index (Phi) is 29.4. The Morgan fingerprint density at radius 3 is 1.62 bits per heavy atom. The molecule has 0 aliphatic heterocycles. The van der Waals surface area contributed by atoms with Crippen LogP contribution < -0.4 is 35.3 Å². The molecule has 0 aromatic rings. The molecule has 3 atom stereocenters. The average molecular weight is 573 g/mol. The van der Waals surface area contributed by atoms with Gasteiger partial charge in [-0.3, -0.25) is 14.1 Å². The zero-order valence-corrected chi connectivity index (χ0v) is 27.2. The Hall–Kier alpha value is -0.257. The van der Waals surface area contributed by atoms with Gasteiger partial charge in [0.25, 0.3) is 10.1 Å². The van der Waals surface area contributed by atoms with Crippen LogP contribution in [-0.2, 0) is 48.7 Å². The number of carboxylic acid groups (broad SMARTS) is 1. The van der Waals surface area contributed by atoms with Crippen molar-refractivity contribution in [3.05, 3.63) is 0 Å². The van der Waals surface area contributed by atoms with Gasteiger partial charge in [0.1, 0.15) is 0 Å². The van der Waals surface area contributed by atoms with Gasteiger partial charge in [0.05, 0.1) is 19.6 Å². The molecule has 0 bridgehead atoms. The van der Waals surface area contributed by atoms with E-state index >= 15 is 0 Å². The van der Waals surface area contributed by atoms with Crippen LogP contribution in [0.2, 0.25) is 0 Å². The minimum Gasteiger partial charge on any atom is -1.00 e. The largest absolute Gasteiger partial charge is 1.00 e. The molecule has 0 aromatic carbocycles. The SMILES string of the molecule is CCCCC(CC)COC(=O)CC(C(=O)OCC(CC)CCCC)S(=O)(=O)O.NC(=O)O.[H-].[Na+].[Zn]. The molecule has 1 amide bonds. The summed E-state index contributed by atoms with van der Waals surface area (Å²) in [4.78, 5) is 33.0. The molecule has 4 N–H and O–H groups in total. The van der Waals surface area contributed by atoms with Gasteiger partial charge in [0.15, 0.2) is 5.25 Å². The van der Waals surface area contributed by atoms with Crippen molar-refractivity contribution in [2.45, 2.75) is 90.7 Å². The molecule has 10 nitrogen and oxygen atoms in total. The number of unbranched alkanes of at least 4 members (excludes halogenated alkanes) is 2. The third-order valence-corrected chi connectivity index (χ3v) is 6.08. The third kappa shape index (κ3) is 23.5. The van der Waals surface area contributed by atoms with E-state index in [9.17, 15) is 22.6 Å². The molecule has 0 saturated carbocycles. The molecule has 0 fully saturated rings. The van der Waals surface area contributed by atoms with E-state index in [4.69, 9.17) is 19.4 Å². The Bertz CT molecular complexity index is 653. The van der Waals surface area contributed by atoms with Crippen LogP contribution in [0, 0.1) is 11.8 Å². The number of rotatable bonds is 16. The fourth-order valence-electron chi connectivity index (χ4n) is 2.82. The monoisotopic (exact) mass is 571 g/mol. The van der Waals surface area contributed by atoms with Gasteiger partial charge in [0, 0.05) is 19.5 Å². The molecule has 0 aliphatic rings. The molecule has 13 heteroatoms. The summed E-state index contributed by atoms with van der Waals surface area (Å²) in [6.45, 7) is 8.35. The molecule has 0 radical (unpaired) electrons. The van der Waals surface area contributed by atoms with Gasteiger partial charge in [-0.2, -0.15) is 8.42 Å². The summed E-state index contributed by atoms with van der Waals surface area (Å²) in [5, 5.41) is 5.25. The summed E-state index contributed by atoms with van der Waals surface area (Å²) in [6, 6.07) is 0. The topological polar surface area (TPSA) is 170 Å². The standard InChI is InChI=1S/C20H38O7S.CH3NO2.Na.Zn.H/c1-5-9-11-16(7-3)14-26-19(21)13-18(28(23,24)25)20(22)27-15-17(8-4)12-10-6-2;2-1(3)4;;;/h16-18H,5-15H2,1-4H3,(H,23,24,25);2H2,(H,3,4);;;/q;;+1;;-1. The molecule has 0 saturated heterocycles. The number of carbonyl (C=O) groups is 3. The van der Waals surface area contributed by atoms with Crippen molar-refractivity contribution in [2.75, 3.05) is 13.2 Å². The normalized spacial score (nSPS) is 13.0. The van der Waals surface area contributed by atoms with Crippen molar-refractivity contribution in [3.8, 4) is 0 Å². The van der Waals surface area contributed by atoms with Gasteiger partial charge in [-0.15, -0.1) is 0 Å². The molecule has 0 rings (SSSR count). The van der Waals surface area contributed by atoms with E-state index in [1.54, 1.807) is 0 Å². The number of hydrogen-bond donors (Lipinski definition) is 3. The predicted octanol–water partition coefficient (Wildman–Crippen LogP) is 0.889. The molecule has 0 heterocycles. The van der Waals surface area contributed by atoms with Crippen LogP contribution in [0.4, 0.5) is 4.79 Å². The first-order chi connectivity index (χ1) is 14.9. The average Bonchev–Trinajstić information content (AvgIpc) is 2.70. The maximum absolute atomic E-state index is 12.2. The summed E-state index contributed by atoms with van der Waals surface area (Å²) in [5.74, 6) is -1.61. The number of esters is 2. The van der Waals surface area contributed by atoms with Crippen LogP contribution in [0.3, 0.4) is 0 Å². The first kappa shape index (κ1) is 40.9. The number of hydrogen-bond acceptors (Lipinski definition) is 7. The van der Waals surface area contributed by atoms with Crippen LogP contribution in [0.25, 0.3) is 0 Å². The van der Waals surface area contributed by atoms with E-state index in [0.717, 1.165) is 51.4 Å². The fourth-order valence-corrected chi connectivity index (χ4v) is 3.48. The summed E-state index contributed by atoms with van der Waals surface area (Å²) >= 11 is 0. The van der Waals surface area contributed by atoms with Crippen LogP contribution in [0.1, 0.15) is 86.9 Å². The van der Waals surface area contributed by atoms with E-state index in [2.05, 4.69) is 19.6 Å². The summed E-state index contributed by atoms with van der Waals surface area (Å²) < 4.78 is 42.8. The van der Waals surface area contributed by atoms with Gasteiger partial charge < -0.3 is 21.7 Å². The van der Waals surface area contributed by atoms with Gasteiger partial charge in [-0.25, -0.2) is 4.79 Å². The van der Waals surface area contributed by atoms with Gasteiger partial charge in [0.2, 0.25) is 0 Å². The molecule has 0 aliphatic carbocycles. The quantitative estimate of drug-likeness (QED) is 0.138. The first-order valence-corrected chi connectivity index (χ1v) is 12.7. The van der Waals surface area contributed by atoms with Crippen molar-refractivity contribution in [2.24, 2.45) is 17.6 Å². The number of primary amides is 1. The van der Waals surface area contributed by atoms with E-state index < -0.39 is 39.8 Å². The van der Waals surface area contributed by atoms with Crippen molar-refractivity contribution < 1.29 is 92.4 Å². The zero-order chi connectivity index (χ0) is 25.2. The second-order valence-electron chi connectivity index (χ2n) is 7.69. The minimum atomic E-state index is -4.76. The Morgan fingerprint density at radius 1 is 0.912 bits per heavy atom. The predicted molar refractivity (Wildman–Crippen MR) is 122 cm³/mol. The second-order valence-corrected chi connectivity index (χ2v) is 9.29. The Morgan fingerprint density at radius 2 is 1.29 bits per heavy atom. The van der Waals surface area contributed by atoms with Crippen LogP contribution >= 0.6 is 0 Å². The van der Waals surface area contributed by atoms with E-state index in [0.29, 0.717) is 0 Å². The maximum atomic E-state index is 12.2. The number of ether oxygens (including phenoxy) is 2. The smallest absolute Gasteiger partial charge is 1.00 e. The minimum absolute atomic E-state index is 0. The van der Waals surface area contributed by atoms with Crippen LogP contribution in [0.5, 0.6) is 0 Å². The van der Waals surface area contributed by atoms with Crippen LogP contribution in [0.15, 0.2) is 0 Å². The number of amides is 1. The summed E-state index contributed by atoms with van der Waals surface area (Å²) in [7, 11) is -4.76. The Labute approximate surface area is 240 Å². The van der Waals surface area contributed by atoms with Crippen molar-refractivity contribution in [3.63, 3.8) is 0 Å². The van der Waals surface area contributed by atoms with Crippen molar-refractivity contribution in [1.29, 1.82) is 0 Å². The fraction of sp³-hybridized carbons (Fsp3) is 0.857. The second kappa shape index (κ2) is 24.4. The van der Waals surface area contributed by atoms with Crippen molar-refractivity contribution in [1.82, 2.24) is 0 Å². The Balaban J connectivity index is -0.000000395. The van der Waals surface area contributed by atoms with Gasteiger partial charge in [-0.05, 0) is 24.7 Å². The molecule has 34 heavy (non-hydrogen) atoms. The van der Waals surface area contributed by atoms with Gasteiger partial charge >= 0.3 is 47.6 Å². The molecular formula is C21H42NNaO9SZn. The number of nitrogens with two attached hydrogens (primary N) is 1. The van der Waals surface area contributed by atoms with Gasteiger partial charge in [-0.1, -0.05) is 66.2 Å². The zero-order valence-electron chi connectivity index (χ0n) is 22.5. The first-order valence-electron chi connectivity index (χ1n) is 11.2. The number of carbonyl (C=O) groups excluding carboxylic acids is 2. The van der Waals surface area contributed by atoms with Crippen LogP contribution in [-0.4, -0.2) is 54.6 Å². The van der Waals surface area contributed by atoms with E-state index in [-0.39, 0.29) is 75.5 Å². The molecule has 0 spiro atoms. The summed E-state index contributed by atoms with van der Waals surface area (Å²) in [5.41, 5.74) is 4.03. The van der Waals surface area contributed by atoms with E-state index in [1.165, 1.54) is 0 Å². The molecular weight excluding hydrogens is 531 g/mol. The van der Waals surface area contributed by atoms with Crippen molar-refractivity contribution >= 4 is 28.1 Å². The third-order valence-electron chi connectivity index (χ3n) is 5.00. The molecule has 3 unspecified atom stereocenters.